The highest BCUT2D eigenvalue weighted by Gasteiger charge is 2.16. The van der Waals surface area contributed by atoms with E-state index < -0.39 is 18.5 Å². The van der Waals surface area contributed by atoms with Crippen LogP contribution in [0, 0.1) is 19.3 Å². The topological polar surface area (TPSA) is 96.2 Å². The minimum absolute atomic E-state index is 0.0222. The molecule has 0 fully saturated rings. The number of carbonyl (C=O) groups is 2. The van der Waals surface area contributed by atoms with Gasteiger partial charge in [0, 0.05) is 28.0 Å². The Labute approximate surface area is 187 Å². The molecule has 1 heterocycles. The van der Waals surface area contributed by atoms with Crippen molar-refractivity contribution in [3.05, 3.63) is 77.2 Å². The summed E-state index contributed by atoms with van der Waals surface area (Å²) in [6.07, 6.45) is 0. The van der Waals surface area contributed by atoms with Crippen molar-refractivity contribution in [3.63, 3.8) is 0 Å². The molecule has 0 aliphatic carbocycles. The minimum Gasteiger partial charge on any atom is -0.454 e. The highest BCUT2D eigenvalue weighted by molar-refractivity contribution is 6.00. The van der Waals surface area contributed by atoms with Gasteiger partial charge < -0.3 is 25.3 Å². The van der Waals surface area contributed by atoms with Gasteiger partial charge in [-0.15, -0.1) is 0 Å². The van der Waals surface area contributed by atoms with Crippen LogP contribution >= 0.6 is 0 Å². The molecule has 166 valence electrons. The fourth-order valence-electron chi connectivity index (χ4n) is 3.57. The molecule has 7 heteroatoms. The van der Waals surface area contributed by atoms with Crippen LogP contribution in [0.2, 0.25) is 0 Å². The fraction of sp³-hybridized carbons (Fsp3) is 0.240. The molecule has 0 radical (unpaired) electrons. The second-order valence-corrected chi connectivity index (χ2v) is 7.64. The van der Waals surface area contributed by atoms with Gasteiger partial charge in [0.05, 0.1) is 11.4 Å². The minimum atomic E-state index is -0.501. The Morgan fingerprint density at radius 3 is 2.34 bits per heavy atom. The molecule has 32 heavy (non-hydrogen) atoms. The number of esters is 1. The maximum atomic E-state index is 12.4. The molecule has 0 saturated heterocycles. The van der Waals surface area contributed by atoms with Gasteiger partial charge in [0.15, 0.2) is 6.61 Å². The number of nitrogens with one attached hydrogen (secondary N) is 3. The van der Waals surface area contributed by atoms with Crippen LogP contribution in [0.25, 0.3) is 10.9 Å². The zero-order valence-corrected chi connectivity index (χ0v) is 18.8. The summed E-state index contributed by atoms with van der Waals surface area (Å²) in [7, 11) is 0. The number of amides is 1. The van der Waals surface area contributed by atoms with Gasteiger partial charge in [-0.3, -0.25) is 9.59 Å². The lowest BCUT2D eigenvalue weighted by Crippen LogP contribution is -2.32. The van der Waals surface area contributed by atoms with Gasteiger partial charge in [0.25, 0.3) is 5.91 Å². The van der Waals surface area contributed by atoms with Crippen molar-refractivity contribution < 1.29 is 14.3 Å². The molecule has 2 aromatic carbocycles. The monoisotopic (exact) mass is 432 g/mol. The second-order valence-electron chi connectivity index (χ2n) is 7.64. The van der Waals surface area contributed by atoms with E-state index in [0.717, 1.165) is 27.8 Å². The first-order chi connectivity index (χ1) is 15.3. The van der Waals surface area contributed by atoms with E-state index in [9.17, 15) is 9.59 Å². The molecule has 7 nitrogen and oxygen atoms in total. The number of nitrogens with zero attached hydrogens (tertiary/aromatic N) is 1. The predicted molar refractivity (Wildman–Crippen MR) is 127 cm³/mol. The van der Waals surface area contributed by atoms with E-state index in [4.69, 9.17) is 10.1 Å². The summed E-state index contributed by atoms with van der Waals surface area (Å²) in [6.45, 7) is 6.93. The number of anilines is 1. The SMILES string of the molecule is CC(=N)/C(NC(=O)COC(=O)Cn1c(C)c(C)c2ccccc21)=C(/C)Nc1ccccc1. The lowest BCUT2D eigenvalue weighted by molar-refractivity contribution is -0.148. The normalized spacial score (nSPS) is 11.6. The van der Waals surface area contributed by atoms with E-state index in [-0.39, 0.29) is 12.3 Å². The number of hydrogen-bond acceptors (Lipinski definition) is 5. The average Bonchev–Trinajstić information content (AvgIpc) is 3.01. The summed E-state index contributed by atoms with van der Waals surface area (Å²) in [5, 5.41) is 14.9. The van der Waals surface area contributed by atoms with Crippen LogP contribution < -0.4 is 10.6 Å². The van der Waals surface area contributed by atoms with Crippen LogP contribution in [0.1, 0.15) is 25.1 Å². The van der Waals surface area contributed by atoms with Crippen molar-refractivity contribution in [1.82, 2.24) is 9.88 Å². The Morgan fingerprint density at radius 1 is 1.00 bits per heavy atom. The van der Waals surface area contributed by atoms with E-state index in [1.54, 1.807) is 13.8 Å². The Morgan fingerprint density at radius 2 is 1.66 bits per heavy atom. The standard InChI is InChI=1S/C25H28N4O3/c1-16-19(4)29(22-13-9-8-12-21(16)22)14-24(31)32-15-23(30)28-25(17(2)26)18(3)27-20-10-6-5-7-11-20/h5-13,26-27H,14-15H2,1-4H3,(H,28,30)/b25-18+,26-17?. The molecule has 3 aromatic rings. The largest absolute Gasteiger partial charge is 0.454 e. The molecule has 0 atom stereocenters. The summed E-state index contributed by atoms with van der Waals surface area (Å²) >= 11 is 0. The molecule has 0 spiro atoms. The highest BCUT2D eigenvalue weighted by atomic mass is 16.5. The van der Waals surface area contributed by atoms with Crippen molar-refractivity contribution in [2.75, 3.05) is 11.9 Å². The zero-order valence-electron chi connectivity index (χ0n) is 18.8. The summed E-state index contributed by atoms with van der Waals surface area (Å²) in [5.41, 5.74) is 5.05. The van der Waals surface area contributed by atoms with Gasteiger partial charge in [0.2, 0.25) is 0 Å². The molecule has 3 rings (SSSR count). The Hall–Kier alpha value is -3.87. The van der Waals surface area contributed by atoms with Crippen molar-refractivity contribution in [1.29, 1.82) is 5.41 Å². The number of fused-ring (bicyclic) bond motifs is 1. The fourth-order valence-corrected chi connectivity index (χ4v) is 3.57. The molecular formula is C25H28N4O3. The molecule has 0 unspecified atom stereocenters. The lowest BCUT2D eigenvalue weighted by Gasteiger charge is -2.15. The van der Waals surface area contributed by atoms with E-state index in [2.05, 4.69) is 10.6 Å². The number of para-hydroxylation sites is 2. The van der Waals surface area contributed by atoms with Crippen molar-refractivity contribution in [2.24, 2.45) is 0 Å². The van der Waals surface area contributed by atoms with Crippen LogP contribution in [0.4, 0.5) is 5.69 Å². The quantitative estimate of drug-likeness (QED) is 0.365. The molecule has 1 amide bonds. The number of benzene rings is 2. The van der Waals surface area contributed by atoms with Crippen molar-refractivity contribution >= 4 is 34.2 Å². The van der Waals surface area contributed by atoms with E-state index in [1.165, 1.54) is 0 Å². The van der Waals surface area contributed by atoms with Crippen LogP contribution in [0.15, 0.2) is 66.0 Å². The predicted octanol–water partition coefficient (Wildman–Crippen LogP) is 4.30. The van der Waals surface area contributed by atoms with Crippen LogP contribution in [0.3, 0.4) is 0 Å². The highest BCUT2D eigenvalue weighted by Crippen LogP contribution is 2.24. The van der Waals surface area contributed by atoms with Crippen molar-refractivity contribution in [3.8, 4) is 0 Å². The summed E-state index contributed by atoms with van der Waals surface area (Å²) < 4.78 is 7.11. The maximum absolute atomic E-state index is 12.4. The Bertz CT molecular complexity index is 1190. The molecule has 0 saturated carbocycles. The van der Waals surface area contributed by atoms with Gasteiger partial charge in [-0.05, 0) is 51.5 Å². The smallest absolute Gasteiger partial charge is 0.326 e. The number of aromatic nitrogens is 1. The number of ether oxygens (including phenoxy) is 1. The third-order valence-corrected chi connectivity index (χ3v) is 5.32. The third-order valence-electron chi connectivity index (χ3n) is 5.32. The molecular weight excluding hydrogens is 404 g/mol. The first kappa shape index (κ1) is 22.8. The molecule has 0 bridgehead atoms. The first-order valence-corrected chi connectivity index (χ1v) is 10.4. The molecule has 0 aliphatic heterocycles. The average molecular weight is 433 g/mol. The molecule has 3 N–H and O–H groups in total. The lowest BCUT2D eigenvalue weighted by atomic mass is 10.2. The summed E-state index contributed by atoms with van der Waals surface area (Å²) in [6, 6.07) is 17.3. The van der Waals surface area contributed by atoms with E-state index in [0.29, 0.717) is 11.4 Å². The van der Waals surface area contributed by atoms with Gasteiger partial charge in [-0.2, -0.15) is 0 Å². The zero-order chi connectivity index (χ0) is 23.3. The van der Waals surface area contributed by atoms with Gasteiger partial charge in [0.1, 0.15) is 6.54 Å². The maximum Gasteiger partial charge on any atom is 0.326 e. The van der Waals surface area contributed by atoms with Gasteiger partial charge in [-0.25, -0.2) is 0 Å². The Balaban J connectivity index is 1.62. The van der Waals surface area contributed by atoms with Crippen molar-refractivity contribution in [2.45, 2.75) is 34.2 Å². The van der Waals surface area contributed by atoms with Gasteiger partial charge >= 0.3 is 5.97 Å². The third kappa shape index (κ3) is 5.24. The summed E-state index contributed by atoms with van der Waals surface area (Å²) in [4.78, 5) is 24.8. The number of allylic oxidation sites excluding steroid dienone is 2. The van der Waals surface area contributed by atoms with Crippen LogP contribution in [-0.2, 0) is 20.9 Å². The Kier molecular flexibility index (Phi) is 7.10. The molecule has 1 aromatic heterocycles. The first-order valence-electron chi connectivity index (χ1n) is 10.4. The van der Waals surface area contributed by atoms with E-state index >= 15 is 0 Å². The summed E-state index contributed by atoms with van der Waals surface area (Å²) in [5.74, 6) is -1.00. The van der Waals surface area contributed by atoms with Crippen LogP contribution in [0.5, 0.6) is 0 Å². The number of rotatable bonds is 8. The van der Waals surface area contributed by atoms with Gasteiger partial charge in [-0.1, -0.05) is 36.4 Å². The number of hydrogen-bond donors (Lipinski definition) is 3. The number of carbonyl (C=O) groups excluding carboxylic acids is 2. The molecule has 0 aliphatic rings. The second kappa shape index (κ2) is 9.96. The van der Waals surface area contributed by atoms with Crippen LogP contribution in [-0.4, -0.2) is 28.8 Å². The number of aryl methyl sites for hydroxylation is 1. The van der Waals surface area contributed by atoms with E-state index in [1.807, 2.05) is 73.0 Å².